The van der Waals surface area contributed by atoms with Crippen LogP contribution in [-0.2, 0) is 25.5 Å². The van der Waals surface area contributed by atoms with Gasteiger partial charge in [-0.2, -0.15) is 5.26 Å². The largest absolute Gasteiger partial charge is 0.481 e. The summed E-state index contributed by atoms with van der Waals surface area (Å²) in [5.74, 6) is -0.682. The molecular weight excluding hydrogens is 414 g/mol. The Morgan fingerprint density at radius 1 is 1.19 bits per heavy atom. The van der Waals surface area contributed by atoms with E-state index in [0.29, 0.717) is 12.1 Å². The molecule has 9 heteroatoms. The van der Waals surface area contributed by atoms with E-state index in [4.69, 9.17) is 9.47 Å². The van der Waals surface area contributed by atoms with Crippen molar-refractivity contribution >= 4 is 18.0 Å². The Kier molecular flexibility index (Phi) is 11.0. The van der Waals surface area contributed by atoms with Crippen LogP contribution in [0.1, 0.15) is 58.1 Å². The second kappa shape index (κ2) is 13.2. The number of ether oxygens (including phenoxy) is 3. The fourth-order valence-electron chi connectivity index (χ4n) is 2.72. The fourth-order valence-corrected chi connectivity index (χ4v) is 2.72. The summed E-state index contributed by atoms with van der Waals surface area (Å²) >= 11 is 0. The molecule has 0 aliphatic carbocycles. The Balaban J connectivity index is 2.96. The summed E-state index contributed by atoms with van der Waals surface area (Å²) in [7, 11) is 1.24. The highest BCUT2D eigenvalue weighted by molar-refractivity contribution is 5.86. The minimum atomic E-state index is -0.889. The summed E-state index contributed by atoms with van der Waals surface area (Å²) in [6.45, 7) is 7.45. The van der Waals surface area contributed by atoms with Crippen LogP contribution in [0.3, 0.4) is 0 Å². The standard InChI is InChI=1S/C23H33N3O6/c1-6-7-8-11-25-21(28)18(26-22(29)32-23(2,3)4)13-16-9-10-19(17(12-16)14-24)31-15-20(27)30-5/h9-10,12,18H,6-8,11,13,15H2,1-5H3,(H,25,28)(H,26,29). The molecule has 0 aliphatic heterocycles. The number of hydrogen-bond donors (Lipinski definition) is 2. The first kappa shape index (κ1) is 26.8. The Morgan fingerprint density at radius 2 is 1.91 bits per heavy atom. The lowest BCUT2D eigenvalue weighted by Crippen LogP contribution is -2.49. The summed E-state index contributed by atoms with van der Waals surface area (Å²) in [4.78, 5) is 36.3. The lowest BCUT2D eigenvalue weighted by Gasteiger charge is -2.23. The van der Waals surface area contributed by atoms with E-state index in [1.807, 2.05) is 6.07 Å². The molecule has 176 valence electrons. The molecule has 0 aliphatic rings. The lowest BCUT2D eigenvalue weighted by atomic mass is 10.0. The number of carbonyl (C=O) groups is 3. The van der Waals surface area contributed by atoms with E-state index in [2.05, 4.69) is 22.3 Å². The molecule has 0 radical (unpaired) electrons. The Hall–Kier alpha value is -3.28. The minimum absolute atomic E-state index is 0.144. The second-order valence-electron chi connectivity index (χ2n) is 8.21. The smallest absolute Gasteiger partial charge is 0.408 e. The Labute approximate surface area is 189 Å². The summed E-state index contributed by atoms with van der Waals surface area (Å²) in [5.41, 5.74) is 0.126. The molecule has 0 saturated heterocycles. The van der Waals surface area contributed by atoms with E-state index in [1.165, 1.54) is 7.11 Å². The van der Waals surface area contributed by atoms with Crippen molar-refractivity contribution in [2.24, 2.45) is 0 Å². The van der Waals surface area contributed by atoms with E-state index in [9.17, 15) is 19.6 Å². The lowest BCUT2D eigenvalue weighted by molar-refractivity contribution is -0.142. The zero-order valence-corrected chi connectivity index (χ0v) is 19.4. The van der Waals surface area contributed by atoms with E-state index in [-0.39, 0.29) is 30.2 Å². The zero-order chi connectivity index (χ0) is 24.1. The number of carbonyl (C=O) groups excluding carboxylic acids is 3. The van der Waals surface area contributed by atoms with Crippen LogP contribution in [0, 0.1) is 11.3 Å². The van der Waals surface area contributed by atoms with Crippen molar-refractivity contribution in [1.29, 1.82) is 5.26 Å². The summed E-state index contributed by atoms with van der Waals surface area (Å²) in [5, 5.41) is 14.9. The molecule has 9 nitrogen and oxygen atoms in total. The second-order valence-corrected chi connectivity index (χ2v) is 8.21. The zero-order valence-electron chi connectivity index (χ0n) is 19.4. The van der Waals surface area contributed by atoms with Gasteiger partial charge < -0.3 is 24.8 Å². The van der Waals surface area contributed by atoms with Crippen LogP contribution in [0.2, 0.25) is 0 Å². The molecule has 1 rings (SSSR count). The Bertz CT molecular complexity index is 826. The molecule has 0 aromatic heterocycles. The average Bonchev–Trinajstić information content (AvgIpc) is 2.73. The highest BCUT2D eigenvalue weighted by Gasteiger charge is 2.25. The van der Waals surface area contributed by atoms with Crippen molar-refractivity contribution in [3.8, 4) is 11.8 Å². The third-order valence-corrected chi connectivity index (χ3v) is 4.26. The molecule has 32 heavy (non-hydrogen) atoms. The highest BCUT2D eigenvalue weighted by Crippen LogP contribution is 2.20. The third kappa shape index (κ3) is 10.2. The van der Waals surface area contributed by atoms with E-state index >= 15 is 0 Å². The molecule has 1 atom stereocenters. The van der Waals surface area contributed by atoms with E-state index in [1.54, 1.807) is 39.0 Å². The van der Waals surface area contributed by atoms with Gasteiger partial charge in [0.1, 0.15) is 23.5 Å². The summed E-state index contributed by atoms with van der Waals surface area (Å²) in [6.07, 6.45) is 2.29. The van der Waals surface area contributed by atoms with Gasteiger partial charge in [-0.05, 0) is 44.9 Å². The fraction of sp³-hybridized carbons (Fsp3) is 0.565. The molecule has 2 amide bonds. The number of methoxy groups -OCH3 is 1. The van der Waals surface area contributed by atoms with Gasteiger partial charge in [0.2, 0.25) is 5.91 Å². The van der Waals surface area contributed by atoms with Crippen LogP contribution in [-0.4, -0.2) is 49.9 Å². The number of benzene rings is 1. The quantitative estimate of drug-likeness (QED) is 0.394. The third-order valence-electron chi connectivity index (χ3n) is 4.26. The number of nitriles is 1. The molecule has 1 unspecified atom stereocenters. The normalized spacial score (nSPS) is 11.6. The Morgan fingerprint density at radius 3 is 2.50 bits per heavy atom. The predicted molar refractivity (Wildman–Crippen MR) is 118 cm³/mol. The van der Waals surface area contributed by atoms with Gasteiger partial charge in [-0.15, -0.1) is 0 Å². The number of nitrogens with one attached hydrogen (secondary N) is 2. The molecule has 0 saturated carbocycles. The van der Waals surface area contributed by atoms with Gasteiger partial charge in [-0.1, -0.05) is 25.8 Å². The minimum Gasteiger partial charge on any atom is -0.481 e. The number of alkyl carbamates (subject to hydrolysis) is 1. The summed E-state index contributed by atoms with van der Waals surface area (Å²) < 4.78 is 15.1. The molecule has 1 aromatic carbocycles. The summed E-state index contributed by atoms with van der Waals surface area (Å²) in [6, 6.07) is 5.89. The van der Waals surface area contributed by atoms with E-state index in [0.717, 1.165) is 19.3 Å². The molecule has 0 bridgehead atoms. The van der Waals surface area contributed by atoms with Crippen molar-refractivity contribution < 1.29 is 28.6 Å². The highest BCUT2D eigenvalue weighted by atomic mass is 16.6. The number of amides is 2. The van der Waals surface area contributed by atoms with Gasteiger partial charge in [-0.25, -0.2) is 9.59 Å². The first-order valence-corrected chi connectivity index (χ1v) is 10.6. The number of nitrogens with zero attached hydrogens (tertiary/aromatic N) is 1. The van der Waals surface area contributed by atoms with Crippen LogP contribution in [0.25, 0.3) is 0 Å². The van der Waals surface area contributed by atoms with Crippen LogP contribution in [0.5, 0.6) is 5.75 Å². The first-order valence-electron chi connectivity index (χ1n) is 10.6. The van der Waals surface area contributed by atoms with Crippen molar-refractivity contribution in [3.05, 3.63) is 29.3 Å². The van der Waals surface area contributed by atoms with Gasteiger partial charge in [0.05, 0.1) is 12.7 Å². The number of rotatable bonds is 11. The SMILES string of the molecule is CCCCCNC(=O)C(Cc1ccc(OCC(=O)OC)c(C#N)c1)NC(=O)OC(C)(C)C. The number of esters is 1. The van der Waals surface area contributed by atoms with Crippen molar-refractivity contribution in [2.45, 2.75) is 65.0 Å². The molecule has 0 fully saturated rings. The van der Waals surface area contributed by atoms with Crippen LogP contribution in [0.4, 0.5) is 4.79 Å². The van der Waals surface area contributed by atoms with Crippen molar-refractivity contribution in [3.63, 3.8) is 0 Å². The van der Waals surface area contributed by atoms with Gasteiger partial charge >= 0.3 is 12.1 Å². The molecule has 1 aromatic rings. The molecular formula is C23H33N3O6. The van der Waals surface area contributed by atoms with Crippen LogP contribution < -0.4 is 15.4 Å². The maximum Gasteiger partial charge on any atom is 0.408 e. The topological polar surface area (TPSA) is 127 Å². The maximum absolute atomic E-state index is 12.7. The molecule has 2 N–H and O–H groups in total. The van der Waals surface area contributed by atoms with Gasteiger partial charge in [0, 0.05) is 13.0 Å². The monoisotopic (exact) mass is 447 g/mol. The maximum atomic E-state index is 12.7. The van der Waals surface area contributed by atoms with Crippen LogP contribution in [0.15, 0.2) is 18.2 Å². The van der Waals surface area contributed by atoms with Crippen molar-refractivity contribution in [2.75, 3.05) is 20.3 Å². The van der Waals surface area contributed by atoms with Gasteiger partial charge in [-0.3, -0.25) is 4.79 Å². The van der Waals surface area contributed by atoms with Gasteiger partial charge in [0.25, 0.3) is 0 Å². The van der Waals surface area contributed by atoms with Gasteiger partial charge in [0.15, 0.2) is 6.61 Å². The van der Waals surface area contributed by atoms with E-state index < -0.39 is 23.7 Å². The van der Waals surface area contributed by atoms with Crippen molar-refractivity contribution in [1.82, 2.24) is 10.6 Å². The first-order chi connectivity index (χ1) is 15.1. The predicted octanol–water partition coefficient (Wildman–Crippen LogP) is 2.85. The van der Waals surface area contributed by atoms with Crippen LogP contribution >= 0.6 is 0 Å². The average molecular weight is 448 g/mol. The molecule has 0 heterocycles. The number of unbranched alkanes of at least 4 members (excludes halogenated alkanes) is 2. The number of hydrogen-bond acceptors (Lipinski definition) is 7. The molecule has 0 spiro atoms.